The van der Waals surface area contributed by atoms with Crippen LogP contribution in [0.3, 0.4) is 0 Å². The standard InChI is InChI=1S/C21H24O2Se/c1-21(2,23)20(22)16-19(24-18-13-7-4-8-14-18)15-9-12-17-10-5-3-6-11-17/h3-8,10-11,13-14,16,23H,9,12,15H2,1-2H3/b19-16-. The molecule has 0 aliphatic rings. The van der Waals surface area contributed by atoms with E-state index in [1.165, 1.54) is 10.0 Å². The summed E-state index contributed by atoms with van der Waals surface area (Å²) in [5.74, 6) is -0.213. The van der Waals surface area contributed by atoms with Gasteiger partial charge in [0, 0.05) is 0 Å². The molecule has 126 valence electrons. The van der Waals surface area contributed by atoms with E-state index in [0.717, 1.165) is 23.7 Å². The molecule has 0 aliphatic carbocycles. The van der Waals surface area contributed by atoms with Gasteiger partial charge in [-0.05, 0) is 0 Å². The Morgan fingerprint density at radius 3 is 2.21 bits per heavy atom. The molecule has 3 heteroatoms. The van der Waals surface area contributed by atoms with Crippen molar-refractivity contribution in [2.45, 2.75) is 38.7 Å². The maximum atomic E-state index is 12.2. The number of ketones is 1. The molecule has 0 amide bonds. The van der Waals surface area contributed by atoms with E-state index in [1.807, 2.05) is 24.3 Å². The summed E-state index contributed by atoms with van der Waals surface area (Å²) in [4.78, 5) is 12.2. The second-order valence-electron chi connectivity index (χ2n) is 6.29. The van der Waals surface area contributed by atoms with Crippen LogP contribution in [0, 0.1) is 0 Å². The second-order valence-corrected chi connectivity index (χ2v) is 8.81. The van der Waals surface area contributed by atoms with Crippen molar-refractivity contribution < 1.29 is 9.90 Å². The van der Waals surface area contributed by atoms with Crippen LogP contribution in [-0.4, -0.2) is 31.4 Å². The van der Waals surface area contributed by atoms with Crippen molar-refractivity contribution in [2.24, 2.45) is 0 Å². The topological polar surface area (TPSA) is 37.3 Å². The van der Waals surface area contributed by atoms with Crippen LogP contribution in [-0.2, 0) is 11.2 Å². The van der Waals surface area contributed by atoms with Gasteiger partial charge < -0.3 is 0 Å². The third-order valence-corrected chi connectivity index (χ3v) is 5.91. The first-order chi connectivity index (χ1) is 11.4. The van der Waals surface area contributed by atoms with Gasteiger partial charge in [-0.2, -0.15) is 0 Å². The Hall–Kier alpha value is -1.67. The van der Waals surface area contributed by atoms with E-state index in [2.05, 4.69) is 36.4 Å². The number of carbonyl (C=O) groups excluding carboxylic acids is 1. The number of hydrogen-bond acceptors (Lipinski definition) is 2. The molecule has 2 aromatic carbocycles. The molecule has 1 N–H and O–H groups in total. The number of benzene rings is 2. The molecule has 0 bridgehead atoms. The van der Waals surface area contributed by atoms with E-state index in [4.69, 9.17) is 0 Å². The predicted molar refractivity (Wildman–Crippen MR) is 101 cm³/mol. The van der Waals surface area contributed by atoms with Crippen LogP contribution in [0.5, 0.6) is 0 Å². The molecule has 2 aromatic rings. The second kappa shape index (κ2) is 8.98. The van der Waals surface area contributed by atoms with Crippen LogP contribution in [0.15, 0.2) is 71.2 Å². The summed E-state index contributed by atoms with van der Waals surface area (Å²) in [6.07, 6.45) is 4.55. The van der Waals surface area contributed by atoms with Gasteiger partial charge in [0.2, 0.25) is 0 Å². The van der Waals surface area contributed by atoms with E-state index in [-0.39, 0.29) is 20.7 Å². The van der Waals surface area contributed by atoms with E-state index < -0.39 is 5.60 Å². The Balaban J connectivity index is 2.04. The summed E-state index contributed by atoms with van der Waals surface area (Å²) in [7, 11) is 0. The molecule has 0 aliphatic heterocycles. The first kappa shape index (κ1) is 18.7. The van der Waals surface area contributed by atoms with Crippen LogP contribution in [0.25, 0.3) is 0 Å². The number of carbonyl (C=O) groups is 1. The first-order valence-corrected chi connectivity index (χ1v) is 9.90. The summed E-state index contributed by atoms with van der Waals surface area (Å²) in [5.41, 5.74) is 0.00939. The van der Waals surface area contributed by atoms with Gasteiger partial charge in [0.1, 0.15) is 0 Å². The fourth-order valence-corrected chi connectivity index (χ4v) is 4.34. The van der Waals surface area contributed by atoms with Crippen LogP contribution in [0.1, 0.15) is 32.3 Å². The van der Waals surface area contributed by atoms with Gasteiger partial charge in [-0.15, -0.1) is 0 Å². The number of hydrogen-bond donors (Lipinski definition) is 1. The monoisotopic (exact) mass is 388 g/mol. The van der Waals surface area contributed by atoms with E-state index >= 15 is 0 Å². The van der Waals surface area contributed by atoms with Gasteiger partial charge in [0.25, 0.3) is 0 Å². The summed E-state index contributed by atoms with van der Waals surface area (Å²) in [5, 5.41) is 9.92. The van der Waals surface area contributed by atoms with Gasteiger partial charge in [0.05, 0.1) is 0 Å². The molecule has 0 aromatic heterocycles. The third-order valence-electron chi connectivity index (χ3n) is 3.62. The Morgan fingerprint density at radius 2 is 1.62 bits per heavy atom. The molecule has 0 heterocycles. The Labute approximate surface area is 150 Å². The summed E-state index contributed by atoms with van der Waals surface area (Å²) < 4.78 is 2.39. The minimum absolute atomic E-state index is 0.110. The quantitative estimate of drug-likeness (QED) is 0.558. The predicted octanol–water partition coefficient (Wildman–Crippen LogP) is 3.26. The van der Waals surface area contributed by atoms with Gasteiger partial charge in [0.15, 0.2) is 0 Å². The van der Waals surface area contributed by atoms with Crippen molar-refractivity contribution in [3.8, 4) is 0 Å². The first-order valence-electron chi connectivity index (χ1n) is 8.19. The molecular weight excluding hydrogens is 363 g/mol. The molecule has 0 saturated carbocycles. The van der Waals surface area contributed by atoms with Crippen molar-refractivity contribution in [3.05, 3.63) is 76.8 Å². The SMILES string of the molecule is CC(C)(O)C(=O)/C=C(/CCCc1ccccc1)[Se]c1ccccc1. The molecule has 0 spiro atoms. The zero-order chi connectivity index (χ0) is 17.4. The molecule has 0 radical (unpaired) electrons. The van der Waals surface area contributed by atoms with Gasteiger partial charge in [-0.3, -0.25) is 0 Å². The number of rotatable bonds is 8. The number of aryl methyl sites for hydroxylation is 1. The van der Waals surface area contributed by atoms with Crippen molar-refractivity contribution >= 4 is 25.2 Å². The van der Waals surface area contributed by atoms with Crippen LogP contribution >= 0.6 is 0 Å². The third kappa shape index (κ3) is 6.45. The zero-order valence-electron chi connectivity index (χ0n) is 14.2. The van der Waals surface area contributed by atoms with Gasteiger partial charge >= 0.3 is 151 Å². The summed E-state index contributed by atoms with van der Waals surface area (Å²) in [6, 6.07) is 20.6. The zero-order valence-corrected chi connectivity index (χ0v) is 15.9. The molecule has 0 fully saturated rings. The Bertz CT molecular complexity index is 670. The van der Waals surface area contributed by atoms with Crippen LogP contribution in [0.4, 0.5) is 0 Å². The molecule has 2 rings (SSSR count). The van der Waals surface area contributed by atoms with E-state index in [0.29, 0.717) is 0 Å². The number of allylic oxidation sites excluding steroid dienone is 1. The summed E-state index contributed by atoms with van der Waals surface area (Å²) >= 11 is 0.110. The average molecular weight is 387 g/mol. The van der Waals surface area contributed by atoms with Crippen LogP contribution in [0.2, 0.25) is 0 Å². The van der Waals surface area contributed by atoms with E-state index in [1.54, 1.807) is 19.9 Å². The van der Waals surface area contributed by atoms with E-state index in [9.17, 15) is 9.90 Å². The number of aliphatic hydroxyl groups is 1. The fraction of sp³-hybridized carbons (Fsp3) is 0.286. The Kier molecular flexibility index (Phi) is 6.98. The van der Waals surface area contributed by atoms with Crippen molar-refractivity contribution in [3.63, 3.8) is 0 Å². The van der Waals surface area contributed by atoms with Crippen LogP contribution < -0.4 is 4.46 Å². The molecule has 0 unspecified atom stereocenters. The Morgan fingerprint density at radius 1 is 1.04 bits per heavy atom. The molecule has 2 nitrogen and oxygen atoms in total. The molecule has 24 heavy (non-hydrogen) atoms. The van der Waals surface area contributed by atoms with Gasteiger partial charge in [-0.1, -0.05) is 0 Å². The summed E-state index contributed by atoms with van der Waals surface area (Å²) in [6.45, 7) is 3.09. The fourth-order valence-electron chi connectivity index (χ4n) is 2.23. The molecular formula is C21H24O2Se. The molecule has 0 saturated heterocycles. The van der Waals surface area contributed by atoms with Crippen molar-refractivity contribution in [1.82, 2.24) is 0 Å². The van der Waals surface area contributed by atoms with Crippen molar-refractivity contribution in [1.29, 1.82) is 0 Å². The average Bonchev–Trinajstić information content (AvgIpc) is 2.56. The molecule has 0 atom stereocenters. The maximum absolute atomic E-state index is 12.2. The van der Waals surface area contributed by atoms with Gasteiger partial charge in [-0.25, -0.2) is 0 Å². The van der Waals surface area contributed by atoms with Crippen molar-refractivity contribution in [2.75, 3.05) is 0 Å². The minimum atomic E-state index is -1.31. The normalized spacial score (nSPS) is 12.2.